The second-order valence-corrected chi connectivity index (χ2v) is 7.10. The van der Waals surface area contributed by atoms with Crippen LogP contribution in [0.4, 0.5) is 0 Å². The van der Waals surface area contributed by atoms with Crippen LogP contribution >= 0.6 is 15.9 Å². The van der Waals surface area contributed by atoms with Gasteiger partial charge in [0.2, 0.25) is 0 Å². The Morgan fingerprint density at radius 1 is 1.25 bits per heavy atom. The van der Waals surface area contributed by atoms with Crippen molar-refractivity contribution < 1.29 is 4.74 Å². The molecule has 1 rings (SSSR count). The third kappa shape index (κ3) is 6.27. The van der Waals surface area contributed by atoms with Crippen LogP contribution in [0.5, 0.6) is 5.75 Å². The van der Waals surface area contributed by atoms with Gasteiger partial charge < -0.3 is 10.1 Å². The predicted octanol–water partition coefficient (Wildman–Crippen LogP) is 5.15. The Hall–Kier alpha value is -0.540. The van der Waals surface area contributed by atoms with E-state index in [1.165, 1.54) is 31.2 Å². The number of rotatable bonds is 9. The number of nitrogens with one attached hydrogen (secondary N) is 1. The lowest BCUT2D eigenvalue weighted by Crippen LogP contribution is -2.29. The van der Waals surface area contributed by atoms with Gasteiger partial charge >= 0.3 is 0 Å². The molecule has 0 atom stereocenters. The second-order valence-electron chi connectivity index (χ2n) is 6.18. The molecule has 0 fully saturated rings. The van der Waals surface area contributed by atoms with E-state index in [4.69, 9.17) is 4.74 Å². The number of benzene rings is 1. The molecule has 2 nitrogen and oxygen atoms in total. The molecular formula is C17H28BrNO. The summed E-state index contributed by atoms with van der Waals surface area (Å²) < 4.78 is 6.50. The molecule has 0 amide bonds. The molecule has 0 radical (unpaired) electrons. The first-order valence-corrected chi connectivity index (χ1v) is 8.31. The average molecular weight is 342 g/mol. The fourth-order valence-corrected chi connectivity index (χ4v) is 2.77. The smallest absolute Gasteiger partial charge is 0.123 e. The number of unbranched alkanes of at least 4 members (excludes halogenated alkanes) is 2. The van der Waals surface area contributed by atoms with Crippen molar-refractivity contribution in [1.82, 2.24) is 5.32 Å². The van der Waals surface area contributed by atoms with E-state index < -0.39 is 0 Å². The third-order valence-electron chi connectivity index (χ3n) is 3.62. The third-order valence-corrected chi connectivity index (χ3v) is 4.11. The highest BCUT2D eigenvalue weighted by Gasteiger charge is 2.16. The Balaban J connectivity index is 2.45. The van der Waals surface area contributed by atoms with Crippen LogP contribution in [-0.2, 0) is 6.54 Å². The van der Waals surface area contributed by atoms with Crippen LogP contribution < -0.4 is 10.1 Å². The van der Waals surface area contributed by atoms with Crippen LogP contribution in [0.3, 0.4) is 0 Å². The van der Waals surface area contributed by atoms with Crippen molar-refractivity contribution in [2.45, 2.75) is 53.0 Å². The van der Waals surface area contributed by atoms with Crippen LogP contribution in [-0.4, -0.2) is 13.7 Å². The van der Waals surface area contributed by atoms with Crippen molar-refractivity contribution >= 4 is 15.9 Å². The summed E-state index contributed by atoms with van der Waals surface area (Å²) in [5.74, 6) is 0.949. The van der Waals surface area contributed by atoms with E-state index in [-0.39, 0.29) is 0 Å². The zero-order valence-electron chi connectivity index (χ0n) is 13.3. The molecule has 1 N–H and O–H groups in total. The largest absolute Gasteiger partial charge is 0.496 e. The van der Waals surface area contributed by atoms with Crippen molar-refractivity contribution in [3.05, 3.63) is 28.2 Å². The molecule has 0 unspecified atom stereocenters. The summed E-state index contributed by atoms with van der Waals surface area (Å²) in [6, 6.07) is 6.14. The minimum atomic E-state index is 0.356. The molecule has 0 bridgehead atoms. The van der Waals surface area contributed by atoms with Crippen molar-refractivity contribution in [2.75, 3.05) is 13.7 Å². The minimum Gasteiger partial charge on any atom is -0.496 e. The molecule has 0 aliphatic rings. The first-order chi connectivity index (χ1) is 9.48. The van der Waals surface area contributed by atoms with Gasteiger partial charge in [-0.05, 0) is 30.0 Å². The zero-order chi connectivity index (χ0) is 15.0. The molecule has 0 saturated carbocycles. The molecule has 0 aliphatic heterocycles. The fraction of sp³-hybridized carbons (Fsp3) is 0.647. The first-order valence-electron chi connectivity index (χ1n) is 7.51. The predicted molar refractivity (Wildman–Crippen MR) is 90.3 cm³/mol. The van der Waals surface area contributed by atoms with E-state index in [0.29, 0.717) is 5.41 Å². The lowest BCUT2D eigenvalue weighted by Gasteiger charge is -2.25. The van der Waals surface area contributed by atoms with Crippen molar-refractivity contribution in [1.29, 1.82) is 0 Å². The fourth-order valence-electron chi connectivity index (χ4n) is 2.36. The van der Waals surface area contributed by atoms with Gasteiger partial charge in [0.25, 0.3) is 0 Å². The second kappa shape index (κ2) is 8.68. The first kappa shape index (κ1) is 17.5. The Labute approximate surface area is 132 Å². The highest BCUT2D eigenvalue weighted by Crippen LogP contribution is 2.25. The van der Waals surface area contributed by atoms with Gasteiger partial charge in [-0.1, -0.05) is 56.0 Å². The Morgan fingerprint density at radius 2 is 2.00 bits per heavy atom. The van der Waals surface area contributed by atoms with Crippen LogP contribution in [0.25, 0.3) is 0 Å². The van der Waals surface area contributed by atoms with Crippen LogP contribution in [0, 0.1) is 5.41 Å². The van der Waals surface area contributed by atoms with E-state index in [1.54, 1.807) is 7.11 Å². The standard InChI is InChI=1S/C17H28BrNO/c1-5-6-7-10-17(2,3)13-19-12-14-11-15(18)8-9-16(14)20-4/h8-9,11,19H,5-7,10,12-13H2,1-4H3. The van der Waals surface area contributed by atoms with E-state index in [9.17, 15) is 0 Å². The molecule has 0 saturated heterocycles. The maximum Gasteiger partial charge on any atom is 0.123 e. The quantitative estimate of drug-likeness (QED) is 0.626. The summed E-state index contributed by atoms with van der Waals surface area (Å²) in [5.41, 5.74) is 1.56. The number of ether oxygens (including phenoxy) is 1. The molecule has 0 aliphatic carbocycles. The molecule has 0 spiro atoms. The van der Waals surface area contributed by atoms with Crippen LogP contribution in [0.15, 0.2) is 22.7 Å². The lowest BCUT2D eigenvalue weighted by atomic mass is 9.87. The molecular weight excluding hydrogens is 314 g/mol. The van der Waals surface area contributed by atoms with Gasteiger partial charge in [0.1, 0.15) is 5.75 Å². The minimum absolute atomic E-state index is 0.356. The van der Waals surface area contributed by atoms with Crippen molar-refractivity contribution in [2.24, 2.45) is 5.41 Å². The number of hydrogen-bond acceptors (Lipinski definition) is 2. The average Bonchev–Trinajstić information content (AvgIpc) is 2.39. The molecule has 0 aromatic heterocycles. The van der Waals surface area contributed by atoms with Crippen LogP contribution in [0.1, 0.15) is 52.0 Å². The van der Waals surface area contributed by atoms with Gasteiger partial charge in [0, 0.05) is 23.1 Å². The molecule has 0 heterocycles. The molecule has 114 valence electrons. The van der Waals surface area contributed by atoms with Gasteiger partial charge in [-0.15, -0.1) is 0 Å². The highest BCUT2D eigenvalue weighted by atomic mass is 79.9. The monoisotopic (exact) mass is 341 g/mol. The summed E-state index contributed by atoms with van der Waals surface area (Å²) >= 11 is 3.52. The summed E-state index contributed by atoms with van der Waals surface area (Å²) in [5, 5.41) is 3.57. The maximum absolute atomic E-state index is 5.40. The Morgan fingerprint density at radius 3 is 2.65 bits per heavy atom. The number of methoxy groups -OCH3 is 1. The Kier molecular flexibility index (Phi) is 7.60. The maximum atomic E-state index is 5.40. The normalized spacial score (nSPS) is 11.7. The summed E-state index contributed by atoms with van der Waals surface area (Å²) in [6.07, 6.45) is 5.23. The van der Waals surface area contributed by atoms with Crippen molar-refractivity contribution in [3.63, 3.8) is 0 Å². The van der Waals surface area contributed by atoms with Crippen molar-refractivity contribution in [3.8, 4) is 5.75 Å². The summed E-state index contributed by atoms with van der Waals surface area (Å²) in [7, 11) is 1.72. The zero-order valence-corrected chi connectivity index (χ0v) is 14.8. The van der Waals surface area contributed by atoms with E-state index in [0.717, 1.165) is 23.3 Å². The highest BCUT2D eigenvalue weighted by molar-refractivity contribution is 9.10. The van der Waals surface area contributed by atoms with Gasteiger partial charge in [-0.25, -0.2) is 0 Å². The number of halogens is 1. The molecule has 3 heteroatoms. The number of hydrogen-bond donors (Lipinski definition) is 1. The summed E-state index contributed by atoms with van der Waals surface area (Å²) in [6.45, 7) is 8.82. The molecule has 20 heavy (non-hydrogen) atoms. The van der Waals surface area contributed by atoms with E-state index >= 15 is 0 Å². The SMILES string of the molecule is CCCCCC(C)(C)CNCc1cc(Br)ccc1OC. The van der Waals surface area contributed by atoms with Gasteiger partial charge in [-0.3, -0.25) is 0 Å². The lowest BCUT2D eigenvalue weighted by molar-refractivity contribution is 0.301. The van der Waals surface area contributed by atoms with Gasteiger partial charge in [-0.2, -0.15) is 0 Å². The van der Waals surface area contributed by atoms with Crippen LogP contribution in [0.2, 0.25) is 0 Å². The van der Waals surface area contributed by atoms with E-state index in [2.05, 4.69) is 48.1 Å². The van der Waals surface area contributed by atoms with Gasteiger partial charge in [0.05, 0.1) is 7.11 Å². The molecule has 1 aromatic carbocycles. The van der Waals surface area contributed by atoms with E-state index in [1.807, 2.05) is 12.1 Å². The van der Waals surface area contributed by atoms with Gasteiger partial charge in [0.15, 0.2) is 0 Å². The Bertz CT molecular complexity index is 404. The topological polar surface area (TPSA) is 21.3 Å². The summed E-state index contributed by atoms with van der Waals surface area (Å²) in [4.78, 5) is 0. The molecule has 1 aromatic rings.